The van der Waals surface area contributed by atoms with E-state index in [4.69, 9.17) is 10.5 Å². The fourth-order valence-electron chi connectivity index (χ4n) is 1.61. The number of anilines is 1. The van der Waals surface area contributed by atoms with Crippen LogP contribution in [0.1, 0.15) is 0 Å². The number of nitrogens with zero attached hydrogens (tertiary/aromatic N) is 2. The Morgan fingerprint density at radius 1 is 1.41 bits per heavy atom. The Balaban J connectivity index is 2.68. The number of ether oxygens (including phenoxy) is 1. The van der Waals surface area contributed by atoms with Crippen molar-refractivity contribution in [3.05, 3.63) is 24.1 Å². The number of rotatable bonds is 2. The molecular weight excluding hydrogens is 225 g/mol. The van der Waals surface area contributed by atoms with E-state index in [-0.39, 0.29) is 5.75 Å². The van der Waals surface area contributed by atoms with Gasteiger partial charge in [0.05, 0.1) is 13.3 Å². The third-order valence-electron chi connectivity index (χ3n) is 2.56. The van der Waals surface area contributed by atoms with E-state index >= 15 is 0 Å². The number of aromatic hydroxyl groups is 1. The van der Waals surface area contributed by atoms with Crippen molar-refractivity contribution in [2.75, 3.05) is 12.8 Å². The number of phenolic OH excluding ortho intramolecular Hbond substituents is 1. The molecule has 17 heavy (non-hydrogen) atoms. The third kappa shape index (κ3) is 1.67. The van der Waals surface area contributed by atoms with Gasteiger partial charge in [-0.3, -0.25) is 4.68 Å². The monoisotopic (exact) mass is 237 g/mol. The van der Waals surface area contributed by atoms with Crippen LogP contribution in [0.15, 0.2) is 18.3 Å². The number of aromatic nitrogens is 2. The molecule has 0 saturated heterocycles. The molecule has 5 nitrogen and oxygen atoms in total. The Labute approximate surface area is 97.2 Å². The number of aryl methyl sites for hydroxylation is 1. The van der Waals surface area contributed by atoms with Gasteiger partial charge in [0.25, 0.3) is 0 Å². The maximum Gasteiger partial charge on any atom is 0.207 e. The molecule has 0 unspecified atom stereocenters. The largest absolute Gasteiger partial charge is 0.505 e. The first-order chi connectivity index (χ1) is 8.06. The lowest BCUT2D eigenvalue weighted by Gasteiger charge is -2.09. The number of methoxy groups -OCH3 is 1. The predicted molar refractivity (Wildman–Crippen MR) is 61.2 cm³/mol. The topological polar surface area (TPSA) is 73.3 Å². The molecule has 0 aliphatic heterocycles. The molecule has 0 aliphatic rings. The summed E-state index contributed by atoms with van der Waals surface area (Å²) in [6, 6.07) is 2.78. The van der Waals surface area contributed by atoms with Crippen LogP contribution in [0.2, 0.25) is 0 Å². The van der Waals surface area contributed by atoms with Crippen molar-refractivity contribution in [2.45, 2.75) is 0 Å². The maximum atomic E-state index is 13.6. The van der Waals surface area contributed by atoms with Gasteiger partial charge in [0.2, 0.25) is 5.82 Å². The maximum absolute atomic E-state index is 13.6. The molecule has 2 aromatic rings. The number of phenols is 1. The van der Waals surface area contributed by atoms with Crippen molar-refractivity contribution >= 4 is 5.82 Å². The van der Waals surface area contributed by atoms with Crippen LogP contribution in [0, 0.1) is 5.82 Å². The van der Waals surface area contributed by atoms with E-state index in [1.165, 1.54) is 30.1 Å². The summed E-state index contributed by atoms with van der Waals surface area (Å²) in [7, 11) is 3.01. The van der Waals surface area contributed by atoms with E-state index in [9.17, 15) is 9.50 Å². The van der Waals surface area contributed by atoms with Crippen molar-refractivity contribution in [3.63, 3.8) is 0 Å². The van der Waals surface area contributed by atoms with E-state index in [1.807, 2.05) is 0 Å². The minimum Gasteiger partial charge on any atom is -0.505 e. The number of benzene rings is 1. The summed E-state index contributed by atoms with van der Waals surface area (Å²) >= 11 is 0. The number of nitrogens with two attached hydrogens (primary N) is 1. The summed E-state index contributed by atoms with van der Waals surface area (Å²) < 4.78 is 20.1. The Bertz CT molecular complexity index is 566. The molecule has 1 heterocycles. The van der Waals surface area contributed by atoms with Crippen molar-refractivity contribution in [1.82, 2.24) is 9.78 Å². The van der Waals surface area contributed by atoms with Gasteiger partial charge in [0.15, 0.2) is 11.5 Å². The molecule has 3 N–H and O–H groups in total. The van der Waals surface area contributed by atoms with Crippen LogP contribution in [0.4, 0.5) is 10.2 Å². The first-order valence-electron chi connectivity index (χ1n) is 4.89. The molecule has 0 amide bonds. The second kappa shape index (κ2) is 3.97. The standard InChI is InChI=1S/C11H12FN3O2/c1-15-11(13)7(5-14-15)6-3-4-8(16)9(12)10(6)17-2/h3-5,16H,13H2,1-2H3. The third-order valence-corrected chi connectivity index (χ3v) is 2.56. The lowest BCUT2D eigenvalue weighted by molar-refractivity contribution is 0.366. The highest BCUT2D eigenvalue weighted by molar-refractivity contribution is 5.79. The van der Waals surface area contributed by atoms with Gasteiger partial charge < -0.3 is 15.6 Å². The van der Waals surface area contributed by atoms with Gasteiger partial charge in [0.1, 0.15) is 5.82 Å². The van der Waals surface area contributed by atoms with Crippen molar-refractivity contribution < 1.29 is 14.2 Å². The molecule has 0 atom stereocenters. The summed E-state index contributed by atoms with van der Waals surface area (Å²) in [5.41, 5.74) is 6.82. The second-order valence-electron chi connectivity index (χ2n) is 3.55. The normalized spacial score (nSPS) is 10.5. The van der Waals surface area contributed by atoms with Gasteiger partial charge in [0, 0.05) is 18.2 Å². The van der Waals surface area contributed by atoms with Crippen LogP contribution in [0.5, 0.6) is 11.5 Å². The molecular formula is C11H12FN3O2. The number of nitrogen functional groups attached to an aromatic ring is 1. The Morgan fingerprint density at radius 2 is 2.12 bits per heavy atom. The van der Waals surface area contributed by atoms with Crippen LogP contribution in [-0.2, 0) is 7.05 Å². The zero-order chi connectivity index (χ0) is 12.6. The van der Waals surface area contributed by atoms with Crippen molar-refractivity contribution in [3.8, 4) is 22.6 Å². The molecule has 6 heteroatoms. The molecule has 0 radical (unpaired) electrons. The summed E-state index contributed by atoms with van der Waals surface area (Å²) in [5, 5.41) is 13.2. The summed E-state index contributed by atoms with van der Waals surface area (Å²) in [5.74, 6) is -0.931. The highest BCUT2D eigenvalue weighted by Gasteiger charge is 2.18. The first-order valence-corrected chi connectivity index (χ1v) is 4.89. The molecule has 0 fully saturated rings. The second-order valence-corrected chi connectivity index (χ2v) is 3.55. The average Bonchev–Trinajstić information content (AvgIpc) is 2.64. The van der Waals surface area contributed by atoms with Crippen LogP contribution >= 0.6 is 0 Å². The average molecular weight is 237 g/mol. The van der Waals surface area contributed by atoms with Gasteiger partial charge in [-0.05, 0) is 12.1 Å². The van der Waals surface area contributed by atoms with E-state index in [0.29, 0.717) is 16.9 Å². The molecule has 0 aliphatic carbocycles. The molecule has 1 aromatic heterocycles. The fraction of sp³-hybridized carbons (Fsp3) is 0.182. The minimum atomic E-state index is -0.812. The predicted octanol–water partition coefficient (Wildman–Crippen LogP) is 1.52. The van der Waals surface area contributed by atoms with E-state index in [2.05, 4.69) is 5.10 Å². The van der Waals surface area contributed by atoms with Gasteiger partial charge >= 0.3 is 0 Å². The molecule has 90 valence electrons. The molecule has 2 rings (SSSR count). The summed E-state index contributed by atoms with van der Waals surface area (Å²) in [6.45, 7) is 0. The van der Waals surface area contributed by atoms with Crippen molar-refractivity contribution in [2.24, 2.45) is 7.05 Å². The Hall–Kier alpha value is -2.24. The van der Waals surface area contributed by atoms with Crippen LogP contribution in [0.3, 0.4) is 0 Å². The lowest BCUT2D eigenvalue weighted by Crippen LogP contribution is -1.99. The fourth-order valence-corrected chi connectivity index (χ4v) is 1.61. The summed E-state index contributed by atoms with van der Waals surface area (Å²) in [4.78, 5) is 0. The van der Waals surface area contributed by atoms with Crippen LogP contribution in [0.25, 0.3) is 11.1 Å². The minimum absolute atomic E-state index is 0.0512. The Morgan fingerprint density at radius 3 is 2.65 bits per heavy atom. The van der Waals surface area contributed by atoms with Gasteiger partial charge in [-0.1, -0.05) is 0 Å². The zero-order valence-corrected chi connectivity index (χ0v) is 9.44. The van der Waals surface area contributed by atoms with Crippen LogP contribution < -0.4 is 10.5 Å². The van der Waals surface area contributed by atoms with Crippen LogP contribution in [-0.4, -0.2) is 22.0 Å². The van der Waals surface area contributed by atoms with Crippen molar-refractivity contribution in [1.29, 1.82) is 0 Å². The lowest BCUT2D eigenvalue weighted by atomic mass is 10.1. The number of halogens is 1. The van der Waals surface area contributed by atoms with Gasteiger partial charge in [-0.2, -0.15) is 9.49 Å². The van der Waals surface area contributed by atoms with E-state index in [1.54, 1.807) is 7.05 Å². The Kier molecular flexibility index (Phi) is 2.63. The number of hydrogen-bond acceptors (Lipinski definition) is 4. The zero-order valence-electron chi connectivity index (χ0n) is 9.44. The SMILES string of the molecule is COc1c(-c2cnn(C)c2N)ccc(O)c1F. The molecule has 1 aromatic carbocycles. The molecule has 0 bridgehead atoms. The molecule has 0 saturated carbocycles. The smallest absolute Gasteiger partial charge is 0.207 e. The highest BCUT2D eigenvalue weighted by atomic mass is 19.1. The van der Waals surface area contributed by atoms with E-state index in [0.717, 1.165) is 0 Å². The van der Waals surface area contributed by atoms with Gasteiger partial charge in [-0.25, -0.2) is 0 Å². The number of hydrogen-bond donors (Lipinski definition) is 2. The molecule has 0 spiro atoms. The van der Waals surface area contributed by atoms with E-state index < -0.39 is 11.6 Å². The summed E-state index contributed by atoms with van der Waals surface area (Å²) in [6.07, 6.45) is 1.52. The quantitative estimate of drug-likeness (QED) is 0.830. The highest BCUT2D eigenvalue weighted by Crippen LogP contribution is 2.38. The first kappa shape index (κ1) is 11.3. The van der Waals surface area contributed by atoms with Gasteiger partial charge in [-0.15, -0.1) is 0 Å².